The minimum Gasteiger partial charge on any atom is -0.318 e. The number of rotatable bonds is 9. The van der Waals surface area contributed by atoms with Crippen molar-refractivity contribution in [2.45, 2.75) is 79.1 Å². The van der Waals surface area contributed by atoms with Gasteiger partial charge >= 0.3 is 0 Å². The fraction of sp³-hybridized carbons (Fsp3) is 0.429. The number of carbonyl (C=O) groups is 1. The number of amides is 1. The van der Waals surface area contributed by atoms with E-state index in [0.29, 0.717) is 11.1 Å². The number of benzene rings is 1. The van der Waals surface area contributed by atoms with Gasteiger partial charge < -0.3 is 4.57 Å². The second-order valence-electron chi connectivity index (χ2n) is 9.59. The van der Waals surface area contributed by atoms with Gasteiger partial charge in [-0.05, 0) is 79.8 Å². The summed E-state index contributed by atoms with van der Waals surface area (Å²) in [7, 11) is 0. The van der Waals surface area contributed by atoms with Crippen LogP contribution in [0.15, 0.2) is 46.0 Å². The Morgan fingerprint density at radius 3 is 2.49 bits per heavy atom. The number of fused-ring (bicyclic) bond motifs is 1. The normalized spacial score (nSPS) is 16.9. The van der Waals surface area contributed by atoms with Gasteiger partial charge in [0.25, 0.3) is 5.91 Å². The predicted molar refractivity (Wildman–Crippen MR) is 148 cm³/mol. The zero-order valence-corrected chi connectivity index (χ0v) is 22.2. The zero-order chi connectivity index (χ0) is 25.1. The number of hydrazone groups is 1. The molecule has 0 saturated heterocycles. The molecule has 1 amide bonds. The van der Waals surface area contributed by atoms with E-state index in [1.165, 1.54) is 48.0 Å². The summed E-state index contributed by atoms with van der Waals surface area (Å²) in [5.41, 5.74) is 5.67. The van der Waals surface area contributed by atoms with Gasteiger partial charge in [0.1, 0.15) is 5.04 Å². The molecule has 35 heavy (non-hydrogen) atoms. The highest BCUT2D eigenvalue weighted by Gasteiger charge is 2.35. The Morgan fingerprint density at radius 2 is 1.80 bits per heavy atom. The maximum atomic E-state index is 12.9. The van der Waals surface area contributed by atoms with Gasteiger partial charge in [0.15, 0.2) is 5.84 Å². The molecule has 0 radical (unpaired) electrons. The molecule has 7 heteroatoms. The molecule has 0 atom stereocenters. The average molecular weight is 490 g/mol. The van der Waals surface area contributed by atoms with Crippen LogP contribution in [-0.2, 0) is 4.79 Å². The molecular weight excluding hydrogens is 454 g/mol. The zero-order valence-electron chi connectivity index (χ0n) is 21.4. The van der Waals surface area contributed by atoms with Gasteiger partial charge in [-0.2, -0.15) is 15.1 Å². The van der Waals surface area contributed by atoms with Crippen molar-refractivity contribution in [2.24, 2.45) is 10.1 Å². The minimum absolute atomic E-state index is 0.0968. The molecule has 2 aliphatic rings. The molecule has 2 aliphatic heterocycles. The molecule has 0 fully saturated rings. The quantitative estimate of drug-likeness (QED) is 0.299. The monoisotopic (exact) mass is 489 g/mol. The van der Waals surface area contributed by atoms with Crippen LogP contribution < -0.4 is 0 Å². The van der Waals surface area contributed by atoms with E-state index in [-0.39, 0.29) is 17.3 Å². The van der Waals surface area contributed by atoms with Crippen LogP contribution in [0.4, 0.5) is 0 Å². The second kappa shape index (κ2) is 10.8. The Labute approximate surface area is 212 Å². The first-order chi connectivity index (χ1) is 16.8. The first-order valence-corrected chi connectivity index (χ1v) is 13.4. The van der Waals surface area contributed by atoms with Crippen LogP contribution in [0.5, 0.6) is 0 Å². The summed E-state index contributed by atoms with van der Waals surface area (Å²) < 4.78 is 2.18. The van der Waals surface area contributed by atoms with Gasteiger partial charge in [-0.3, -0.25) is 10.2 Å². The van der Waals surface area contributed by atoms with Crippen molar-refractivity contribution in [1.29, 1.82) is 5.41 Å². The van der Waals surface area contributed by atoms with E-state index in [9.17, 15) is 4.79 Å². The van der Waals surface area contributed by atoms with E-state index in [1.807, 2.05) is 6.92 Å². The fourth-order valence-electron chi connectivity index (χ4n) is 4.51. The maximum absolute atomic E-state index is 12.9. The maximum Gasteiger partial charge on any atom is 0.283 e. The predicted octanol–water partition coefficient (Wildman–Crippen LogP) is 7.20. The third-order valence-corrected chi connectivity index (χ3v) is 7.55. The van der Waals surface area contributed by atoms with Gasteiger partial charge in [0, 0.05) is 17.1 Å². The van der Waals surface area contributed by atoms with Crippen LogP contribution in [0.25, 0.3) is 11.8 Å². The lowest BCUT2D eigenvalue weighted by Gasteiger charge is -2.20. The van der Waals surface area contributed by atoms with Crippen molar-refractivity contribution >= 4 is 39.8 Å². The van der Waals surface area contributed by atoms with Crippen LogP contribution >= 0.6 is 11.8 Å². The van der Waals surface area contributed by atoms with E-state index < -0.39 is 0 Å². The van der Waals surface area contributed by atoms with Crippen molar-refractivity contribution < 1.29 is 4.79 Å². The Bertz CT molecular complexity index is 1220. The van der Waals surface area contributed by atoms with E-state index in [1.54, 1.807) is 6.08 Å². The van der Waals surface area contributed by atoms with E-state index in [2.05, 4.69) is 72.7 Å². The molecule has 0 unspecified atom stereocenters. The smallest absolute Gasteiger partial charge is 0.283 e. The molecule has 0 aliphatic carbocycles. The molecule has 1 aromatic heterocycles. The largest absolute Gasteiger partial charge is 0.318 e. The molecule has 2 aromatic rings. The second-order valence-corrected chi connectivity index (χ2v) is 10.6. The summed E-state index contributed by atoms with van der Waals surface area (Å²) in [6, 6.07) is 10.7. The summed E-state index contributed by atoms with van der Waals surface area (Å²) in [6.07, 6.45) is 8.62. The van der Waals surface area contributed by atoms with Gasteiger partial charge in [-0.15, -0.1) is 0 Å². The number of unbranched alkanes of at least 4 members (excludes halogenated alkanes) is 4. The lowest BCUT2D eigenvalue weighted by Crippen LogP contribution is -2.35. The first-order valence-electron chi connectivity index (χ1n) is 12.6. The van der Waals surface area contributed by atoms with Crippen LogP contribution in [-0.4, -0.2) is 31.5 Å². The first kappa shape index (κ1) is 25.2. The summed E-state index contributed by atoms with van der Waals surface area (Å²) in [5, 5.41) is 16.3. The minimum atomic E-state index is -0.376. The standard InChI is InChI=1S/C28H35N5OS/c1-6-7-8-9-10-11-25-31-33-26(29)24(27(34)30-28(33)35-25)17-22-16-19(4)32(20(22)5)23-14-12-21(13-15-23)18(2)3/h12-18,29H,6-11H2,1-5H3/b24-17-,29-26?. The Morgan fingerprint density at radius 1 is 1.09 bits per heavy atom. The molecule has 0 saturated carbocycles. The van der Waals surface area contributed by atoms with E-state index in [0.717, 1.165) is 40.5 Å². The number of aliphatic imine (C=N–C) groups is 1. The number of thioether (sulfide) groups is 1. The summed E-state index contributed by atoms with van der Waals surface area (Å²) >= 11 is 1.42. The molecule has 184 valence electrons. The third kappa shape index (κ3) is 5.35. The number of aryl methyl sites for hydroxylation is 1. The number of hydrogen-bond donors (Lipinski definition) is 1. The van der Waals surface area contributed by atoms with Crippen molar-refractivity contribution in [3.63, 3.8) is 0 Å². The Balaban J connectivity index is 1.55. The average Bonchev–Trinajstić information content (AvgIpc) is 3.36. The summed E-state index contributed by atoms with van der Waals surface area (Å²) in [5.74, 6) is 0.205. The molecular formula is C28H35N5OS. The van der Waals surface area contributed by atoms with Gasteiger partial charge in [0.05, 0.1) is 5.57 Å². The van der Waals surface area contributed by atoms with Gasteiger partial charge in [-0.1, -0.05) is 58.6 Å². The number of carbonyl (C=O) groups excluding carboxylic acids is 1. The third-order valence-electron chi connectivity index (χ3n) is 6.58. The summed E-state index contributed by atoms with van der Waals surface area (Å²) in [6.45, 7) is 10.7. The molecule has 4 rings (SSSR count). The highest BCUT2D eigenvalue weighted by Crippen LogP contribution is 2.31. The molecule has 0 bridgehead atoms. The highest BCUT2D eigenvalue weighted by atomic mass is 32.2. The van der Waals surface area contributed by atoms with Crippen LogP contribution in [0.3, 0.4) is 0 Å². The highest BCUT2D eigenvalue weighted by molar-refractivity contribution is 8.26. The Kier molecular flexibility index (Phi) is 7.75. The van der Waals surface area contributed by atoms with Crippen molar-refractivity contribution in [3.8, 4) is 5.69 Å². The fourth-order valence-corrected chi connectivity index (χ4v) is 5.43. The number of hydrogen-bond acceptors (Lipinski definition) is 4. The number of nitrogens with one attached hydrogen (secondary N) is 1. The van der Waals surface area contributed by atoms with Gasteiger partial charge in [0.2, 0.25) is 5.17 Å². The lowest BCUT2D eigenvalue weighted by molar-refractivity contribution is -0.114. The van der Waals surface area contributed by atoms with Crippen LogP contribution in [0.1, 0.15) is 87.7 Å². The SMILES string of the molecule is CCCCCCCC1=NN2C(=N)/C(=C/c3cc(C)n(-c4ccc(C(C)C)cc4)c3C)C(=O)N=C2S1. The number of aromatic nitrogens is 1. The van der Waals surface area contributed by atoms with Crippen molar-refractivity contribution in [1.82, 2.24) is 9.58 Å². The van der Waals surface area contributed by atoms with E-state index >= 15 is 0 Å². The van der Waals surface area contributed by atoms with E-state index in [4.69, 9.17) is 5.41 Å². The van der Waals surface area contributed by atoms with Crippen molar-refractivity contribution in [2.75, 3.05) is 0 Å². The van der Waals surface area contributed by atoms with Crippen LogP contribution in [0, 0.1) is 19.3 Å². The molecule has 6 nitrogen and oxygen atoms in total. The molecule has 1 aromatic carbocycles. The molecule has 0 spiro atoms. The van der Waals surface area contributed by atoms with Crippen molar-refractivity contribution in [3.05, 3.63) is 58.4 Å². The molecule has 1 N–H and O–H groups in total. The number of nitrogens with zero attached hydrogens (tertiary/aromatic N) is 4. The number of amidine groups is 2. The molecule has 3 heterocycles. The summed E-state index contributed by atoms with van der Waals surface area (Å²) in [4.78, 5) is 17.1. The van der Waals surface area contributed by atoms with Gasteiger partial charge in [-0.25, -0.2) is 0 Å². The topological polar surface area (TPSA) is 73.8 Å². The lowest BCUT2D eigenvalue weighted by atomic mass is 10.0. The Hall–Kier alpha value is -2.93. The van der Waals surface area contributed by atoms with Crippen LogP contribution in [0.2, 0.25) is 0 Å².